The van der Waals surface area contributed by atoms with Crippen LogP contribution in [0.3, 0.4) is 0 Å². The molecule has 0 aliphatic heterocycles. The molecule has 0 atom stereocenters. The molecular weight excluding hydrogens is 312 g/mol. The molecule has 0 radical (unpaired) electrons. The maximum absolute atomic E-state index is 5.64. The fourth-order valence-corrected chi connectivity index (χ4v) is 2.88. The summed E-state index contributed by atoms with van der Waals surface area (Å²) < 4.78 is 3.04. The van der Waals surface area contributed by atoms with Gasteiger partial charge >= 0.3 is 0 Å². The summed E-state index contributed by atoms with van der Waals surface area (Å²) in [7, 11) is 1.98. The van der Waals surface area contributed by atoms with Crippen LogP contribution in [0.1, 0.15) is 31.7 Å². The van der Waals surface area contributed by atoms with Crippen LogP contribution >= 0.6 is 28.1 Å². The lowest BCUT2D eigenvalue weighted by Crippen LogP contribution is -2.33. The standard InChI is InChI=1S/C12H21BrN4S/c1-4-6-17(8-11(14)18)7-10-12(13)9(5-2)15-16(10)3/h4-8H2,1-3H3,(H2,14,18). The third kappa shape index (κ3) is 4.03. The molecule has 0 unspecified atom stereocenters. The van der Waals surface area contributed by atoms with Gasteiger partial charge in [-0.1, -0.05) is 26.1 Å². The van der Waals surface area contributed by atoms with Crippen molar-refractivity contribution in [2.75, 3.05) is 13.1 Å². The first-order valence-electron chi connectivity index (χ1n) is 6.20. The summed E-state index contributed by atoms with van der Waals surface area (Å²) in [5.74, 6) is 0. The lowest BCUT2D eigenvalue weighted by Gasteiger charge is -2.21. The molecule has 18 heavy (non-hydrogen) atoms. The second-order valence-electron chi connectivity index (χ2n) is 4.36. The monoisotopic (exact) mass is 332 g/mol. The van der Waals surface area contributed by atoms with Crippen LogP contribution in [0.25, 0.3) is 0 Å². The van der Waals surface area contributed by atoms with Crippen molar-refractivity contribution in [3.63, 3.8) is 0 Å². The zero-order valence-corrected chi connectivity index (χ0v) is 13.6. The maximum Gasteiger partial charge on any atom is 0.0870 e. The van der Waals surface area contributed by atoms with E-state index in [1.807, 2.05) is 11.7 Å². The molecule has 6 heteroatoms. The summed E-state index contributed by atoms with van der Waals surface area (Å²) >= 11 is 8.63. The van der Waals surface area contributed by atoms with Crippen LogP contribution in [-0.4, -0.2) is 32.8 Å². The highest BCUT2D eigenvalue weighted by molar-refractivity contribution is 9.10. The Hall–Kier alpha value is -0.460. The molecule has 1 aromatic heterocycles. The molecule has 0 aromatic carbocycles. The number of hydrogen-bond donors (Lipinski definition) is 1. The number of hydrogen-bond acceptors (Lipinski definition) is 3. The van der Waals surface area contributed by atoms with Crippen LogP contribution in [0.5, 0.6) is 0 Å². The van der Waals surface area contributed by atoms with Gasteiger partial charge in [-0.05, 0) is 35.3 Å². The topological polar surface area (TPSA) is 47.1 Å². The van der Waals surface area contributed by atoms with Crippen molar-refractivity contribution in [3.05, 3.63) is 15.9 Å². The third-order valence-corrected chi connectivity index (χ3v) is 3.84. The van der Waals surface area contributed by atoms with Gasteiger partial charge in [0, 0.05) is 20.1 Å². The molecule has 102 valence electrons. The van der Waals surface area contributed by atoms with E-state index in [0.717, 1.165) is 36.1 Å². The van der Waals surface area contributed by atoms with E-state index in [4.69, 9.17) is 18.0 Å². The van der Waals surface area contributed by atoms with Gasteiger partial charge < -0.3 is 5.73 Å². The Balaban J connectivity index is 2.85. The van der Waals surface area contributed by atoms with E-state index in [-0.39, 0.29) is 0 Å². The van der Waals surface area contributed by atoms with Crippen molar-refractivity contribution in [1.29, 1.82) is 0 Å². The fourth-order valence-electron chi connectivity index (χ4n) is 1.95. The van der Waals surface area contributed by atoms with E-state index in [2.05, 4.69) is 39.8 Å². The highest BCUT2D eigenvalue weighted by Gasteiger charge is 2.15. The van der Waals surface area contributed by atoms with Crippen molar-refractivity contribution in [2.45, 2.75) is 33.2 Å². The number of rotatable bonds is 7. The second-order valence-corrected chi connectivity index (χ2v) is 5.68. The summed E-state index contributed by atoms with van der Waals surface area (Å²) in [5, 5.41) is 4.50. The first-order valence-corrected chi connectivity index (χ1v) is 7.40. The van der Waals surface area contributed by atoms with Gasteiger partial charge in [0.25, 0.3) is 0 Å². The van der Waals surface area contributed by atoms with Gasteiger partial charge in [-0.15, -0.1) is 0 Å². The van der Waals surface area contributed by atoms with Crippen molar-refractivity contribution < 1.29 is 0 Å². The molecule has 0 aliphatic rings. The largest absolute Gasteiger partial charge is 0.392 e. The van der Waals surface area contributed by atoms with Crippen LogP contribution < -0.4 is 5.73 Å². The second kappa shape index (κ2) is 7.21. The summed E-state index contributed by atoms with van der Waals surface area (Å²) in [6.45, 7) is 6.71. The Labute approximate surface area is 123 Å². The molecular formula is C12H21BrN4S. The number of thiocarbonyl (C=S) groups is 1. The summed E-state index contributed by atoms with van der Waals surface area (Å²) in [4.78, 5) is 2.79. The van der Waals surface area contributed by atoms with Gasteiger partial charge in [-0.2, -0.15) is 5.10 Å². The highest BCUT2D eigenvalue weighted by Crippen LogP contribution is 2.22. The molecule has 0 saturated heterocycles. The van der Waals surface area contributed by atoms with Gasteiger partial charge in [0.05, 0.1) is 20.8 Å². The Kier molecular flexibility index (Phi) is 6.25. The summed E-state index contributed by atoms with van der Waals surface area (Å²) in [5.41, 5.74) is 7.91. The Morgan fingerprint density at radius 2 is 2.17 bits per heavy atom. The molecule has 2 N–H and O–H groups in total. The lowest BCUT2D eigenvalue weighted by atomic mass is 10.3. The van der Waals surface area contributed by atoms with Crippen molar-refractivity contribution in [1.82, 2.24) is 14.7 Å². The first-order chi connectivity index (χ1) is 8.49. The minimum atomic E-state index is 0.539. The van der Waals surface area contributed by atoms with Crippen molar-refractivity contribution in [2.24, 2.45) is 12.8 Å². The number of aryl methyl sites for hydroxylation is 2. The smallest absolute Gasteiger partial charge is 0.0870 e. The quantitative estimate of drug-likeness (QED) is 0.778. The highest BCUT2D eigenvalue weighted by atomic mass is 79.9. The number of nitrogens with two attached hydrogens (primary N) is 1. The molecule has 4 nitrogen and oxygen atoms in total. The van der Waals surface area contributed by atoms with Crippen LogP contribution in [0.15, 0.2) is 4.47 Å². The normalized spacial score (nSPS) is 11.2. The van der Waals surface area contributed by atoms with Crippen LogP contribution in [0.2, 0.25) is 0 Å². The average molecular weight is 333 g/mol. The molecule has 1 heterocycles. The Morgan fingerprint density at radius 1 is 1.50 bits per heavy atom. The van der Waals surface area contributed by atoms with Gasteiger partial charge in [-0.25, -0.2) is 0 Å². The molecule has 0 aliphatic carbocycles. The van der Waals surface area contributed by atoms with Gasteiger partial charge in [-0.3, -0.25) is 9.58 Å². The number of nitrogens with zero attached hydrogens (tertiary/aromatic N) is 3. The SMILES string of the molecule is CCCN(CC(N)=S)Cc1c(Br)c(CC)nn1C. The zero-order chi connectivity index (χ0) is 13.7. The van der Waals surface area contributed by atoms with Crippen molar-refractivity contribution in [3.8, 4) is 0 Å². The van der Waals surface area contributed by atoms with E-state index in [1.54, 1.807) is 0 Å². The molecule has 0 amide bonds. The van der Waals surface area contributed by atoms with Crippen LogP contribution in [0, 0.1) is 0 Å². The Morgan fingerprint density at radius 3 is 2.61 bits per heavy atom. The van der Waals surface area contributed by atoms with Gasteiger partial charge in [0.15, 0.2) is 0 Å². The van der Waals surface area contributed by atoms with E-state index >= 15 is 0 Å². The van der Waals surface area contributed by atoms with Crippen LogP contribution in [-0.2, 0) is 20.0 Å². The predicted molar refractivity (Wildman–Crippen MR) is 82.6 cm³/mol. The van der Waals surface area contributed by atoms with E-state index in [9.17, 15) is 0 Å². The fraction of sp³-hybridized carbons (Fsp3) is 0.667. The number of halogens is 1. The van der Waals surface area contributed by atoms with Gasteiger partial charge in [0.2, 0.25) is 0 Å². The first kappa shape index (κ1) is 15.6. The molecule has 0 bridgehead atoms. The van der Waals surface area contributed by atoms with E-state index in [0.29, 0.717) is 11.5 Å². The third-order valence-electron chi connectivity index (χ3n) is 2.80. The summed E-state index contributed by atoms with van der Waals surface area (Å²) in [6, 6.07) is 0. The van der Waals surface area contributed by atoms with E-state index < -0.39 is 0 Å². The minimum absolute atomic E-state index is 0.539. The molecule has 0 spiro atoms. The maximum atomic E-state index is 5.64. The molecule has 1 aromatic rings. The molecule has 0 fully saturated rings. The zero-order valence-electron chi connectivity index (χ0n) is 11.2. The minimum Gasteiger partial charge on any atom is -0.392 e. The van der Waals surface area contributed by atoms with Gasteiger partial charge in [0.1, 0.15) is 0 Å². The molecule has 1 rings (SSSR count). The van der Waals surface area contributed by atoms with E-state index in [1.165, 1.54) is 5.69 Å². The summed E-state index contributed by atoms with van der Waals surface area (Å²) in [6.07, 6.45) is 2.01. The lowest BCUT2D eigenvalue weighted by molar-refractivity contribution is 0.295. The number of aromatic nitrogens is 2. The average Bonchev–Trinajstić information content (AvgIpc) is 2.56. The molecule has 0 saturated carbocycles. The van der Waals surface area contributed by atoms with Crippen LogP contribution in [0.4, 0.5) is 0 Å². The predicted octanol–water partition coefficient (Wildman–Crippen LogP) is 2.24. The Bertz CT molecular complexity index is 416. The van der Waals surface area contributed by atoms with Crippen molar-refractivity contribution >= 4 is 33.1 Å².